The van der Waals surface area contributed by atoms with Crippen LogP contribution in [0.3, 0.4) is 0 Å². The van der Waals surface area contributed by atoms with Gasteiger partial charge in [0.15, 0.2) is 0 Å². The summed E-state index contributed by atoms with van der Waals surface area (Å²) in [5, 5.41) is 0. The van der Waals surface area contributed by atoms with Crippen molar-refractivity contribution in [2.75, 3.05) is 13.1 Å². The molecule has 2 amide bonds. The number of nitrogens with two attached hydrogens (primary N) is 1. The standard InChI is InChI=1S/C18H18N2O2/c1-12-3-2-4-15(9-12)13-5-7-14(8-6-13)18(22)20-10-16(11-20)17(19)21/h2-9,16H,10-11H2,1H3,(H2,19,21). The predicted molar refractivity (Wildman–Crippen MR) is 85.2 cm³/mol. The van der Waals surface area contributed by atoms with Crippen LogP contribution in [0.2, 0.25) is 0 Å². The zero-order valence-corrected chi connectivity index (χ0v) is 12.5. The van der Waals surface area contributed by atoms with Crippen LogP contribution < -0.4 is 5.73 Å². The molecule has 0 unspecified atom stereocenters. The molecule has 4 heteroatoms. The molecule has 112 valence electrons. The highest BCUT2D eigenvalue weighted by Crippen LogP contribution is 2.23. The van der Waals surface area contributed by atoms with E-state index in [4.69, 9.17) is 5.73 Å². The first kappa shape index (κ1) is 14.3. The largest absolute Gasteiger partial charge is 0.369 e. The van der Waals surface area contributed by atoms with Crippen molar-refractivity contribution in [2.45, 2.75) is 6.92 Å². The van der Waals surface area contributed by atoms with Crippen LogP contribution in [0, 0.1) is 12.8 Å². The molecule has 0 saturated carbocycles. The summed E-state index contributed by atoms with van der Waals surface area (Å²) in [5.74, 6) is -0.581. The minimum absolute atomic E-state index is 0.0479. The molecule has 4 nitrogen and oxygen atoms in total. The summed E-state index contributed by atoms with van der Waals surface area (Å²) in [4.78, 5) is 24.9. The molecule has 22 heavy (non-hydrogen) atoms. The minimum Gasteiger partial charge on any atom is -0.369 e. The monoisotopic (exact) mass is 294 g/mol. The van der Waals surface area contributed by atoms with Crippen LogP contribution in [-0.2, 0) is 4.79 Å². The van der Waals surface area contributed by atoms with Crippen LogP contribution in [0.25, 0.3) is 11.1 Å². The number of amides is 2. The summed E-state index contributed by atoms with van der Waals surface area (Å²) in [6, 6.07) is 15.8. The first-order valence-electron chi connectivity index (χ1n) is 7.30. The third kappa shape index (κ3) is 2.72. The number of nitrogens with zero attached hydrogens (tertiary/aromatic N) is 1. The smallest absolute Gasteiger partial charge is 0.253 e. The fourth-order valence-electron chi connectivity index (χ4n) is 2.64. The van der Waals surface area contributed by atoms with Gasteiger partial charge in [0.2, 0.25) is 5.91 Å². The number of carbonyl (C=O) groups excluding carboxylic acids is 2. The van der Waals surface area contributed by atoms with E-state index in [2.05, 4.69) is 25.1 Å². The van der Waals surface area contributed by atoms with Gasteiger partial charge in [-0.3, -0.25) is 9.59 Å². The number of primary amides is 1. The van der Waals surface area contributed by atoms with Crippen LogP contribution in [0.1, 0.15) is 15.9 Å². The molecule has 0 radical (unpaired) electrons. The Kier molecular flexibility index (Phi) is 3.67. The highest BCUT2D eigenvalue weighted by molar-refractivity contribution is 5.96. The van der Waals surface area contributed by atoms with Crippen LogP contribution in [0.4, 0.5) is 0 Å². The number of hydrogen-bond acceptors (Lipinski definition) is 2. The number of aryl methyl sites for hydroxylation is 1. The fourth-order valence-corrected chi connectivity index (χ4v) is 2.64. The number of hydrogen-bond donors (Lipinski definition) is 1. The molecule has 1 heterocycles. The number of likely N-dealkylation sites (tertiary alicyclic amines) is 1. The molecule has 1 fully saturated rings. The molecule has 2 aromatic carbocycles. The van der Waals surface area contributed by atoms with Crippen molar-refractivity contribution in [2.24, 2.45) is 11.7 Å². The van der Waals surface area contributed by atoms with E-state index in [9.17, 15) is 9.59 Å². The van der Waals surface area contributed by atoms with Gasteiger partial charge in [0.05, 0.1) is 5.92 Å². The lowest BCUT2D eigenvalue weighted by Crippen LogP contribution is -2.54. The third-order valence-electron chi connectivity index (χ3n) is 4.05. The van der Waals surface area contributed by atoms with E-state index in [0.29, 0.717) is 18.7 Å². The normalized spacial score (nSPS) is 14.5. The molecule has 2 aromatic rings. The Bertz CT molecular complexity index is 716. The van der Waals surface area contributed by atoms with Gasteiger partial charge in [-0.1, -0.05) is 42.0 Å². The van der Waals surface area contributed by atoms with E-state index in [1.54, 1.807) is 4.90 Å². The van der Waals surface area contributed by atoms with Crippen molar-refractivity contribution in [1.82, 2.24) is 4.90 Å². The topological polar surface area (TPSA) is 63.4 Å². The summed E-state index contributed by atoms with van der Waals surface area (Å²) in [5.41, 5.74) is 9.28. The van der Waals surface area contributed by atoms with Crippen LogP contribution in [0.5, 0.6) is 0 Å². The Labute approximate surface area is 129 Å². The first-order valence-corrected chi connectivity index (χ1v) is 7.30. The highest BCUT2D eigenvalue weighted by atomic mass is 16.2. The quantitative estimate of drug-likeness (QED) is 0.943. The molecule has 2 N–H and O–H groups in total. The SMILES string of the molecule is Cc1cccc(-c2ccc(C(=O)N3CC(C(N)=O)C3)cc2)c1. The molecule has 0 aliphatic carbocycles. The van der Waals surface area contributed by atoms with Crippen molar-refractivity contribution < 1.29 is 9.59 Å². The van der Waals surface area contributed by atoms with Gasteiger partial charge in [0.1, 0.15) is 0 Å². The Morgan fingerprint density at radius 3 is 2.32 bits per heavy atom. The molecule has 1 saturated heterocycles. The molecule has 1 aliphatic rings. The number of carbonyl (C=O) groups is 2. The van der Waals surface area contributed by atoms with Gasteiger partial charge in [0.25, 0.3) is 5.91 Å². The van der Waals surface area contributed by atoms with E-state index < -0.39 is 0 Å². The Balaban J connectivity index is 1.72. The third-order valence-corrected chi connectivity index (χ3v) is 4.05. The second kappa shape index (κ2) is 5.64. The van der Waals surface area contributed by atoms with Crippen molar-refractivity contribution in [1.29, 1.82) is 0 Å². The lowest BCUT2D eigenvalue weighted by atomic mass is 9.97. The predicted octanol–water partition coefficient (Wildman–Crippen LogP) is 2.22. The Morgan fingerprint density at radius 2 is 1.73 bits per heavy atom. The van der Waals surface area contributed by atoms with Crippen LogP contribution in [0.15, 0.2) is 48.5 Å². The van der Waals surface area contributed by atoms with E-state index in [1.807, 2.05) is 30.3 Å². The molecule has 0 aromatic heterocycles. The van der Waals surface area contributed by atoms with Crippen molar-refractivity contribution in [3.05, 3.63) is 59.7 Å². The van der Waals surface area contributed by atoms with Gasteiger partial charge in [0, 0.05) is 18.7 Å². The van der Waals surface area contributed by atoms with Gasteiger partial charge in [-0.2, -0.15) is 0 Å². The van der Waals surface area contributed by atoms with Gasteiger partial charge in [-0.25, -0.2) is 0 Å². The maximum Gasteiger partial charge on any atom is 0.253 e. The summed E-state index contributed by atoms with van der Waals surface area (Å²) in [6.07, 6.45) is 0. The average molecular weight is 294 g/mol. The molecule has 0 bridgehead atoms. The van der Waals surface area contributed by atoms with Crippen LogP contribution in [-0.4, -0.2) is 29.8 Å². The van der Waals surface area contributed by atoms with E-state index in [0.717, 1.165) is 11.1 Å². The second-order valence-electron chi connectivity index (χ2n) is 5.76. The molecular weight excluding hydrogens is 276 g/mol. The van der Waals surface area contributed by atoms with Gasteiger partial charge < -0.3 is 10.6 Å². The van der Waals surface area contributed by atoms with Gasteiger partial charge >= 0.3 is 0 Å². The zero-order chi connectivity index (χ0) is 15.7. The van der Waals surface area contributed by atoms with Crippen molar-refractivity contribution in [3.63, 3.8) is 0 Å². The Morgan fingerprint density at radius 1 is 1.05 bits per heavy atom. The highest BCUT2D eigenvalue weighted by Gasteiger charge is 2.34. The summed E-state index contributed by atoms with van der Waals surface area (Å²) in [6.45, 7) is 2.90. The molecule has 0 spiro atoms. The van der Waals surface area contributed by atoms with Gasteiger partial charge in [-0.05, 0) is 30.2 Å². The Hall–Kier alpha value is -2.62. The fraction of sp³-hybridized carbons (Fsp3) is 0.222. The maximum absolute atomic E-state index is 12.3. The summed E-state index contributed by atoms with van der Waals surface area (Å²) >= 11 is 0. The van der Waals surface area contributed by atoms with E-state index >= 15 is 0 Å². The van der Waals surface area contributed by atoms with Crippen molar-refractivity contribution in [3.8, 4) is 11.1 Å². The van der Waals surface area contributed by atoms with Gasteiger partial charge in [-0.15, -0.1) is 0 Å². The summed E-state index contributed by atoms with van der Waals surface area (Å²) < 4.78 is 0. The van der Waals surface area contributed by atoms with E-state index in [1.165, 1.54) is 5.56 Å². The zero-order valence-electron chi connectivity index (χ0n) is 12.5. The lowest BCUT2D eigenvalue weighted by molar-refractivity contribution is -0.125. The first-order chi connectivity index (χ1) is 10.5. The lowest BCUT2D eigenvalue weighted by Gasteiger charge is -2.37. The number of benzene rings is 2. The molecular formula is C18H18N2O2. The minimum atomic E-state index is -0.334. The molecule has 1 aliphatic heterocycles. The van der Waals surface area contributed by atoms with Crippen molar-refractivity contribution >= 4 is 11.8 Å². The maximum atomic E-state index is 12.3. The average Bonchev–Trinajstić information content (AvgIpc) is 2.45. The molecule has 0 atom stereocenters. The van der Waals surface area contributed by atoms with E-state index in [-0.39, 0.29) is 17.7 Å². The van der Waals surface area contributed by atoms with Crippen LogP contribution >= 0.6 is 0 Å². The second-order valence-corrected chi connectivity index (χ2v) is 5.76. The summed E-state index contributed by atoms with van der Waals surface area (Å²) in [7, 11) is 0. The number of rotatable bonds is 3. The molecule has 3 rings (SSSR count).